The molecule has 0 spiro atoms. The second-order valence-corrected chi connectivity index (χ2v) is 16.7. The zero-order valence-corrected chi connectivity index (χ0v) is 27.6. The average molecular weight is 747 g/mol. The van der Waals surface area contributed by atoms with Crippen molar-refractivity contribution in [1.29, 1.82) is 0 Å². The Bertz CT molecular complexity index is 2200. The molecule has 2 unspecified atom stereocenters. The van der Waals surface area contributed by atoms with Gasteiger partial charge in [0.25, 0.3) is 5.56 Å². The van der Waals surface area contributed by atoms with Crippen molar-refractivity contribution in [2.75, 3.05) is 18.9 Å². The van der Waals surface area contributed by atoms with Gasteiger partial charge in [-0.05, 0) is 11.8 Å². The van der Waals surface area contributed by atoms with Crippen molar-refractivity contribution in [1.82, 2.24) is 43.4 Å². The fraction of sp³-hybridized carbons (Fsp3) is 0.478. The largest absolute Gasteiger partial charge is 0.387 e. The molecule has 0 aromatic carbocycles. The van der Waals surface area contributed by atoms with Gasteiger partial charge >= 0.3 is 13.5 Å². The molecule has 3 saturated heterocycles. The summed E-state index contributed by atoms with van der Waals surface area (Å²) in [6.07, 6.45) is -4.83. The Labute approximate surface area is 277 Å². The van der Waals surface area contributed by atoms with Crippen LogP contribution in [0.15, 0.2) is 36.2 Å². The molecule has 48 heavy (non-hydrogen) atoms. The summed E-state index contributed by atoms with van der Waals surface area (Å²) in [7, 11) is 0. The molecule has 0 radical (unpaired) electrons. The molecule has 0 amide bonds. The van der Waals surface area contributed by atoms with Crippen LogP contribution in [0.1, 0.15) is 18.9 Å². The summed E-state index contributed by atoms with van der Waals surface area (Å²) in [6, 6.07) is 0. The number of nitrogens with one attached hydrogen (secondary N) is 1. The zero-order valence-electron chi connectivity index (χ0n) is 24.1. The summed E-state index contributed by atoms with van der Waals surface area (Å²) in [5, 5.41) is 11.3. The summed E-state index contributed by atoms with van der Waals surface area (Å²) in [6.45, 7) is -9.52. The van der Waals surface area contributed by atoms with Gasteiger partial charge in [-0.15, -0.1) is 0 Å². The maximum Gasteiger partial charge on any atom is 0.386 e. The number of halogens is 1. The number of thiol groups is 1. The zero-order chi connectivity index (χ0) is 33.5. The van der Waals surface area contributed by atoms with Crippen LogP contribution in [-0.2, 0) is 43.9 Å². The lowest BCUT2D eigenvalue weighted by atomic mass is 10.1. The number of aliphatic hydroxyl groups is 1. The smallest absolute Gasteiger partial charge is 0.386 e. The Kier molecular flexibility index (Phi) is 7.97. The number of rotatable bonds is 2. The SMILES string of the molecule is Nc1ncnc2c1ncn2[C@@H]1O[C@@H]2COP(O)(=S)O[C@@H]3[C@H](O)[C@@H](CCOP(=O)(S)O[C@H]2[C@H]1F)O[C@H]3n1cnc2c(=O)[nH]c3nccn3c21. The van der Waals surface area contributed by atoms with E-state index in [0.29, 0.717) is 0 Å². The molecule has 3 aliphatic rings. The van der Waals surface area contributed by atoms with E-state index in [4.69, 9.17) is 45.1 Å². The highest BCUT2D eigenvalue weighted by atomic mass is 32.7. The number of hydrogen-bond acceptors (Lipinski definition) is 16. The van der Waals surface area contributed by atoms with Crippen LogP contribution in [0, 0.1) is 0 Å². The van der Waals surface area contributed by atoms with Crippen molar-refractivity contribution >= 4 is 71.5 Å². The molecule has 0 saturated carbocycles. The number of nitrogens with zero attached hydrogens (tertiary/aromatic N) is 8. The summed E-state index contributed by atoms with van der Waals surface area (Å²) < 4.78 is 68.3. The minimum atomic E-state index is -4.29. The average Bonchev–Trinajstić information content (AvgIpc) is 3.85. The predicted molar refractivity (Wildman–Crippen MR) is 167 cm³/mol. The van der Waals surface area contributed by atoms with E-state index >= 15 is 4.39 Å². The third-order valence-corrected chi connectivity index (χ3v) is 11.4. The van der Waals surface area contributed by atoms with Crippen LogP contribution in [0.4, 0.5) is 10.2 Å². The Morgan fingerprint density at radius 1 is 1.04 bits per heavy atom. The van der Waals surface area contributed by atoms with Crippen LogP contribution in [0.3, 0.4) is 0 Å². The second-order valence-electron chi connectivity index (χ2n) is 11.0. The number of nitrogen functional groups attached to an aromatic ring is 1. The molecule has 8 rings (SSSR count). The fourth-order valence-corrected chi connectivity index (χ4v) is 8.96. The summed E-state index contributed by atoms with van der Waals surface area (Å²) in [5.41, 5.74) is 5.97. The molecule has 256 valence electrons. The first-order valence-electron chi connectivity index (χ1n) is 14.2. The maximum absolute atomic E-state index is 16.1. The lowest BCUT2D eigenvalue weighted by molar-refractivity contribution is -0.0493. The van der Waals surface area contributed by atoms with Gasteiger partial charge in [0.05, 0.1) is 32.0 Å². The summed E-state index contributed by atoms with van der Waals surface area (Å²) >= 11 is 9.36. The van der Waals surface area contributed by atoms with Crippen LogP contribution in [0.25, 0.3) is 28.1 Å². The summed E-state index contributed by atoms with van der Waals surface area (Å²) in [4.78, 5) is 47.0. The number of fused-ring (bicyclic) bond motifs is 7. The second kappa shape index (κ2) is 11.9. The van der Waals surface area contributed by atoms with Crippen LogP contribution >= 0.6 is 25.8 Å². The van der Waals surface area contributed by atoms with Crippen LogP contribution in [-0.4, -0.2) is 103 Å². The third-order valence-electron chi connectivity index (χ3n) is 8.16. The van der Waals surface area contributed by atoms with Gasteiger partial charge in [0.1, 0.15) is 36.3 Å². The first-order chi connectivity index (χ1) is 22.9. The monoisotopic (exact) mass is 746 g/mol. The molecule has 5 aromatic rings. The highest BCUT2D eigenvalue weighted by Gasteiger charge is 2.52. The summed E-state index contributed by atoms with van der Waals surface area (Å²) in [5.74, 6) is 0.268. The number of ether oxygens (including phenoxy) is 2. The van der Waals surface area contributed by atoms with Gasteiger partial charge < -0.3 is 34.3 Å². The highest BCUT2D eigenvalue weighted by Crippen LogP contribution is 2.58. The molecular weight excluding hydrogens is 721 g/mol. The van der Waals surface area contributed by atoms with E-state index in [1.54, 1.807) is 10.6 Å². The number of anilines is 1. The minimum Gasteiger partial charge on any atom is -0.387 e. The van der Waals surface area contributed by atoms with Crippen molar-refractivity contribution in [3.05, 3.63) is 41.7 Å². The molecule has 20 nitrogen and oxygen atoms in total. The molecule has 25 heteroatoms. The van der Waals surface area contributed by atoms with Crippen LogP contribution in [0.2, 0.25) is 0 Å². The van der Waals surface area contributed by atoms with Crippen LogP contribution < -0.4 is 11.3 Å². The topological polar surface area (TPSA) is 251 Å². The molecule has 5 N–H and O–H groups in total. The first kappa shape index (κ1) is 32.3. The van der Waals surface area contributed by atoms with E-state index in [-0.39, 0.29) is 47.0 Å². The van der Waals surface area contributed by atoms with Crippen LogP contribution in [0.5, 0.6) is 0 Å². The van der Waals surface area contributed by atoms with Crippen molar-refractivity contribution in [3.63, 3.8) is 0 Å². The number of aromatic amines is 1. The standard InChI is InChI=1S/C23H25FN10O10P2S2/c24-11-15-10(42-21(11)33-7-29-12-17(25)27-6-28-18(12)33)5-40-46(38,48)44-16-14(35)9(1-4-39-45(37,47)43-15)41-22(16)34-8-30-13-19(36)31-23-26-2-3-32(23)20(13)34/h2-3,6-11,14-16,21-22,35H,1,4-5H2,(H,37,47)(H,38,48)(H2,25,27,28)(H,26,31,36)/t9-,10-,11-,14-,15-,16-,21-,22-,45?,46?/m1/s1. The molecule has 3 fully saturated rings. The molecule has 10 atom stereocenters. The number of nitrogens with two attached hydrogens (primary N) is 1. The lowest BCUT2D eigenvalue weighted by Crippen LogP contribution is -2.36. The van der Waals surface area contributed by atoms with Crippen molar-refractivity contribution in [3.8, 4) is 0 Å². The lowest BCUT2D eigenvalue weighted by Gasteiger charge is -2.28. The quantitative estimate of drug-likeness (QED) is 0.123. The van der Waals surface area contributed by atoms with E-state index in [0.717, 1.165) is 0 Å². The van der Waals surface area contributed by atoms with Gasteiger partial charge in [-0.25, -0.2) is 33.9 Å². The Morgan fingerprint density at radius 2 is 1.81 bits per heavy atom. The van der Waals surface area contributed by atoms with Crippen molar-refractivity contribution in [2.45, 2.75) is 55.6 Å². The van der Waals surface area contributed by atoms with Gasteiger partial charge in [0.2, 0.25) is 5.78 Å². The van der Waals surface area contributed by atoms with Gasteiger partial charge in [-0.1, -0.05) is 12.2 Å². The number of H-pyrrole nitrogens is 1. The predicted octanol–water partition coefficient (Wildman–Crippen LogP) is 0.750. The number of imidazole rings is 3. The van der Waals surface area contributed by atoms with Gasteiger partial charge in [0, 0.05) is 18.8 Å². The molecule has 2 bridgehead atoms. The number of aliphatic hydroxyl groups excluding tert-OH is 1. The fourth-order valence-electron chi connectivity index (χ4n) is 6.02. The first-order valence-corrected chi connectivity index (χ1v) is 19.5. The molecule has 0 aliphatic carbocycles. The Morgan fingerprint density at radius 3 is 2.65 bits per heavy atom. The highest BCUT2D eigenvalue weighted by molar-refractivity contribution is 8.44. The van der Waals surface area contributed by atoms with Crippen molar-refractivity contribution in [2.24, 2.45) is 0 Å². The van der Waals surface area contributed by atoms with E-state index < -0.39 is 74.8 Å². The van der Waals surface area contributed by atoms with Crippen molar-refractivity contribution < 1.29 is 46.5 Å². The van der Waals surface area contributed by atoms with Gasteiger partial charge in [-0.3, -0.25) is 32.4 Å². The van der Waals surface area contributed by atoms with E-state index in [9.17, 15) is 19.4 Å². The third kappa shape index (κ3) is 5.47. The van der Waals surface area contributed by atoms with E-state index in [2.05, 4.69) is 42.2 Å². The van der Waals surface area contributed by atoms with E-state index in [1.807, 2.05) is 0 Å². The molecule has 5 aromatic heterocycles. The number of hydrogen-bond donors (Lipinski definition) is 5. The Hall–Kier alpha value is -2.92. The maximum atomic E-state index is 16.1. The van der Waals surface area contributed by atoms with Gasteiger partial charge in [-0.2, -0.15) is 0 Å². The molecular formula is C23H25FN10O10P2S2. The van der Waals surface area contributed by atoms with E-state index in [1.165, 1.54) is 34.3 Å². The normalized spacial score (nSPS) is 36.5. The van der Waals surface area contributed by atoms with Gasteiger partial charge in [0.15, 0.2) is 41.3 Å². The Balaban J connectivity index is 1.13. The minimum absolute atomic E-state index is 0.0300. The molecule has 3 aliphatic heterocycles. The number of alkyl halides is 1. The number of aromatic nitrogens is 9. The molecule has 8 heterocycles.